The number of H-pyrrole nitrogens is 1. The molecule has 0 saturated heterocycles. The van der Waals surface area contributed by atoms with Crippen molar-refractivity contribution >= 4 is 0 Å². The minimum Gasteiger partial charge on any atom is -0.329 e. The highest BCUT2D eigenvalue weighted by Crippen LogP contribution is 2.38. The van der Waals surface area contributed by atoms with Crippen LogP contribution >= 0.6 is 0 Å². The fourth-order valence-corrected chi connectivity index (χ4v) is 2.80. The fourth-order valence-electron chi connectivity index (χ4n) is 2.80. The van der Waals surface area contributed by atoms with Gasteiger partial charge in [0, 0.05) is 12.3 Å². The number of pyridine rings is 1. The average molecular weight is 219 g/mol. The van der Waals surface area contributed by atoms with Crippen molar-refractivity contribution in [1.29, 1.82) is 0 Å². The van der Waals surface area contributed by atoms with Crippen LogP contribution in [0.5, 0.6) is 0 Å². The van der Waals surface area contributed by atoms with E-state index < -0.39 is 0 Å². The van der Waals surface area contributed by atoms with Gasteiger partial charge in [0.1, 0.15) is 0 Å². The first-order valence-electron chi connectivity index (χ1n) is 6.35. The largest absolute Gasteiger partial charge is 0.329 e. The summed E-state index contributed by atoms with van der Waals surface area (Å²) >= 11 is 0. The summed E-state index contributed by atoms with van der Waals surface area (Å²) in [6, 6.07) is 3.63. The average Bonchev–Trinajstić information content (AvgIpc) is 2.30. The summed E-state index contributed by atoms with van der Waals surface area (Å²) in [5.74, 6) is 2.38. The molecule has 0 atom stereocenters. The highest BCUT2D eigenvalue weighted by Gasteiger charge is 2.24. The van der Waals surface area contributed by atoms with Crippen LogP contribution in [0.4, 0.5) is 0 Å². The SMILES string of the molecule is CC(C)C1CCC(c2ccc(=O)[nH]c2)CC1. The van der Waals surface area contributed by atoms with Crippen LogP contribution in [0.25, 0.3) is 0 Å². The molecule has 1 aromatic rings. The summed E-state index contributed by atoms with van der Waals surface area (Å²) in [4.78, 5) is 13.8. The molecule has 1 aliphatic carbocycles. The van der Waals surface area contributed by atoms with E-state index in [2.05, 4.69) is 18.8 Å². The van der Waals surface area contributed by atoms with Crippen LogP contribution in [-0.2, 0) is 0 Å². The molecular formula is C14H21NO. The zero-order valence-corrected chi connectivity index (χ0v) is 10.2. The molecule has 1 fully saturated rings. The van der Waals surface area contributed by atoms with Gasteiger partial charge in [-0.05, 0) is 49.0 Å². The van der Waals surface area contributed by atoms with Crippen molar-refractivity contribution in [2.24, 2.45) is 11.8 Å². The molecule has 0 spiro atoms. The maximum atomic E-state index is 11.0. The molecule has 0 radical (unpaired) electrons. The van der Waals surface area contributed by atoms with Crippen molar-refractivity contribution in [2.45, 2.75) is 45.4 Å². The van der Waals surface area contributed by atoms with E-state index in [9.17, 15) is 4.79 Å². The van der Waals surface area contributed by atoms with Gasteiger partial charge in [0.05, 0.1) is 0 Å². The molecule has 0 bridgehead atoms. The normalized spacial score (nSPS) is 25.9. The van der Waals surface area contributed by atoms with Gasteiger partial charge in [-0.2, -0.15) is 0 Å². The molecule has 2 rings (SSSR count). The number of aromatic nitrogens is 1. The van der Waals surface area contributed by atoms with Gasteiger partial charge in [-0.1, -0.05) is 19.9 Å². The molecule has 1 aromatic heterocycles. The molecule has 1 N–H and O–H groups in total. The summed E-state index contributed by atoms with van der Waals surface area (Å²) in [5, 5.41) is 0. The van der Waals surface area contributed by atoms with Crippen molar-refractivity contribution < 1.29 is 0 Å². The summed E-state index contributed by atoms with van der Waals surface area (Å²) in [6.07, 6.45) is 7.11. The van der Waals surface area contributed by atoms with E-state index >= 15 is 0 Å². The van der Waals surface area contributed by atoms with Crippen LogP contribution in [0.1, 0.15) is 51.0 Å². The van der Waals surface area contributed by atoms with Crippen molar-refractivity contribution in [3.63, 3.8) is 0 Å². The quantitative estimate of drug-likeness (QED) is 0.813. The first kappa shape index (κ1) is 11.4. The Morgan fingerprint density at radius 1 is 1.19 bits per heavy atom. The van der Waals surface area contributed by atoms with Crippen LogP contribution in [0, 0.1) is 11.8 Å². The minimum atomic E-state index is -0.000355. The standard InChI is InChI=1S/C14H21NO/c1-10(2)11-3-5-12(6-4-11)13-7-8-14(16)15-9-13/h7-12H,3-6H2,1-2H3,(H,15,16). The molecule has 0 amide bonds. The van der Waals surface area contributed by atoms with Gasteiger partial charge in [-0.15, -0.1) is 0 Å². The summed E-state index contributed by atoms with van der Waals surface area (Å²) < 4.78 is 0. The molecule has 88 valence electrons. The van der Waals surface area contributed by atoms with Gasteiger partial charge < -0.3 is 4.98 Å². The van der Waals surface area contributed by atoms with Crippen LogP contribution < -0.4 is 5.56 Å². The van der Waals surface area contributed by atoms with E-state index in [1.807, 2.05) is 12.3 Å². The molecule has 1 aliphatic rings. The lowest BCUT2D eigenvalue weighted by atomic mass is 9.75. The van der Waals surface area contributed by atoms with Gasteiger partial charge >= 0.3 is 0 Å². The van der Waals surface area contributed by atoms with E-state index in [1.165, 1.54) is 31.2 Å². The maximum absolute atomic E-state index is 11.0. The van der Waals surface area contributed by atoms with E-state index in [-0.39, 0.29) is 5.56 Å². The third-order valence-corrected chi connectivity index (χ3v) is 3.99. The second-order valence-electron chi connectivity index (χ2n) is 5.34. The van der Waals surface area contributed by atoms with Gasteiger partial charge in [-0.25, -0.2) is 0 Å². The van der Waals surface area contributed by atoms with Crippen LogP contribution in [0.15, 0.2) is 23.1 Å². The molecule has 2 nitrogen and oxygen atoms in total. The molecule has 2 heteroatoms. The smallest absolute Gasteiger partial charge is 0.247 e. The zero-order chi connectivity index (χ0) is 11.5. The Morgan fingerprint density at radius 3 is 2.38 bits per heavy atom. The summed E-state index contributed by atoms with van der Waals surface area (Å²) in [6.45, 7) is 4.65. The monoisotopic (exact) mass is 219 g/mol. The predicted molar refractivity (Wildman–Crippen MR) is 66.6 cm³/mol. The summed E-state index contributed by atoms with van der Waals surface area (Å²) in [5.41, 5.74) is 1.31. The number of rotatable bonds is 2. The Bertz CT molecular complexity index is 365. The minimum absolute atomic E-state index is 0.000355. The Balaban J connectivity index is 1.99. The van der Waals surface area contributed by atoms with Gasteiger partial charge in [0.15, 0.2) is 0 Å². The highest BCUT2D eigenvalue weighted by molar-refractivity contribution is 5.15. The number of hydrogen-bond donors (Lipinski definition) is 1. The van der Waals surface area contributed by atoms with Gasteiger partial charge in [0.2, 0.25) is 5.56 Å². The van der Waals surface area contributed by atoms with E-state index in [4.69, 9.17) is 0 Å². The van der Waals surface area contributed by atoms with E-state index in [0.29, 0.717) is 5.92 Å². The van der Waals surface area contributed by atoms with Crippen LogP contribution in [0.3, 0.4) is 0 Å². The second-order valence-corrected chi connectivity index (χ2v) is 5.34. The van der Waals surface area contributed by atoms with Gasteiger partial charge in [-0.3, -0.25) is 4.79 Å². The topological polar surface area (TPSA) is 32.9 Å². The molecule has 1 saturated carbocycles. The van der Waals surface area contributed by atoms with Gasteiger partial charge in [0.25, 0.3) is 0 Å². The molecule has 16 heavy (non-hydrogen) atoms. The first-order chi connectivity index (χ1) is 7.66. The molecule has 0 aliphatic heterocycles. The zero-order valence-electron chi connectivity index (χ0n) is 10.2. The Hall–Kier alpha value is -1.05. The fraction of sp³-hybridized carbons (Fsp3) is 0.643. The summed E-state index contributed by atoms with van der Waals surface area (Å²) in [7, 11) is 0. The molecular weight excluding hydrogens is 198 g/mol. The lowest BCUT2D eigenvalue weighted by molar-refractivity contribution is 0.258. The highest BCUT2D eigenvalue weighted by atomic mass is 16.1. The predicted octanol–water partition coefficient (Wildman–Crippen LogP) is 3.30. The lowest BCUT2D eigenvalue weighted by Crippen LogP contribution is -2.18. The Morgan fingerprint density at radius 2 is 1.88 bits per heavy atom. The van der Waals surface area contributed by atoms with Crippen LogP contribution in [0.2, 0.25) is 0 Å². The Labute approximate surface area is 97.1 Å². The van der Waals surface area contributed by atoms with Crippen molar-refractivity contribution in [3.8, 4) is 0 Å². The number of hydrogen-bond acceptors (Lipinski definition) is 1. The molecule has 0 unspecified atom stereocenters. The molecule has 0 aromatic carbocycles. The first-order valence-corrected chi connectivity index (χ1v) is 6.35. The number of aromatic amines is 1. The third kappa shape index (κ3) is 2.55. The van der Waals surface area contributed by atoms with Crippen LogP contribution in [-0.4, -0.2) is 4.98 Å². The maximum Gasteiger partial charge on any atom is 0.247 e. The van der Waals surface area contributed by atoms with Crippen molar-refractivity contribution in [2.75, 3.05) is 0 Å². The second kappa shape index (κ2) is 4.86. The third-order valence-electron chi connectivity index (χ3n) is 3.99. The molecule has 1 heterocycles. The number of nitrogens with one attached hydrogen (secondary N) is 1. The van der Waals surface area contributed by atoms with Crippen molar-refractivity contribution in [1.82, 2.24) is 4.98 Å². The van der Waals surface area contributed by atoms with E-state index in [1.54, 1.807) is 6.07 Å². The van der Waals surface area contributed by atoms with Crippen molar-refractivity contribution in [3.05, 3.63) is 34.2 Å². The lowest BCUT2D eigenvalue weighted by Gasteiger charge is -2.30. The van der Waals surface area contributed by atoms with E-state index in [0.717, 1.165) is 11.8 Å². The Kier molecular flexibility index (Phi) is 3.47.